The largest absolute Gasteiger partial charge is 0.340 e. The number of nitrogens with zero attached hydrogens (tertiary/aromatic N) is 1. The Morgan fingerprint density at radius 1 is 0.645 bits per heavy atom. The van der Waals surface area contributed by atoms with E-state index in [1.807, 2.05) is 6.07 Å². The summed E-state index contributed by atoms with van der Waals surface area (Å²) < 4.78 is 29.2. The lowest BCUT2D eigenvalue weighted by molar-refractivity contribution is 0.617. The molecule has 0 spiro atoms. The van der Waals surface area contributed by atoms with Crippen molar-refractivity contribution in [1.82, 2.24) is 0 Å². The van der Waals surface area contributed by atoms with Crippen LogP contribution in [0.5, 0.6) is 0 Å². The van der Waals surface area contributed by atoms with E-state index >= 15 is 0 Å². The maximum atomic E-state index is 14.8. The van der Waals surface area contributed by atoms with Gasteiger partial charge in [0.15, 0.2) is 0 Å². The fraction of sp³-hybridized carbons (Fsp3) is 0.143. The highest BCUT2D eigenvalue weighted by molar-refractivity contribution is 5.93. The number of para-hydroxylation sites is 1. The van der Waals surface area contributed by atoms with Gasteiger partial charge in [-0.25, -0.2) is 8.78 Å². The minimum atomic E-state index is -0.386. The number of halogens is 2. The molecule has 0 saturated carbocycles. The summed E-state index contributed by atoms with van der Waals surface area (Å²) in [6.07, 6.45) is 0. The lowest BCUT2D eigenvalue weighted by Gasteiger charge is -2.23. The molecule has 0 bridgehead atoms. The van der Waals surface area contributed by atoms with Crippen LogP contribution in [0.3, 0.4) is 0 Å². The Bertz CT molecular complexity index is 1310. The second kappa shape index (κ2) is 7.05. The molecule has 0 atom stereocenters. The van der Waals surface area contributed by atoms with Crippen molar-refractivity contribution in [2.75, 3.05) is 11.9 Å². The molecule has 4 aromatic carbocycles. The number of anilines is 2. The van der Waals surface area contributed by atoms with Crippen molar-refractivity contribution < 1.29 is 8.78 Å². The standard InChI is InChI=1S/C28H23F2N/c1-28(2)21-11-5-4-9-20(21)27-19(10-8-12-22(27)28)18-15-16-24(30)26(17-18)31(3)25-14-7-6-13-23(25)29/h4-17H,1-3H3. The summed E-state index contributed by atoms with van der Waals surface area (Å²) in [6, 6.07) is 26.3. The van der Waals surface area contributed by atoms with E-state index in [-0.39, 0.29) is 17.0 Å². The van der Waals surface area contributed by atoms with Crippen LogP contribution in [-0.4, -0.2) is 7.05 Å². The Balaban J connectivity index is 1.69. The van der Waals surface area contributed by atoms with Crippen LogP contribution in [0.25, 0.3) is 22.3 Å². The van der Waals surface area contributed by atoms with Gasteiger partial charge in [-0.15, -0.1) is 0 Å². The van der Waals surface area contributed by atoms with Crippen LogP contribution in [0, 0.1) is 11.6 Å². The van der Waals surface area contributed by atoms with Gasteiger partial charge in [-0.1, -0.05) is 74.5 Å². The number of benzene rings is 4. The zero-order valence-electron chi connectivity index (χ0n) is 17.8. The molecule has 31 heavy (non-hydrogen) atoms. The van der Waals surface area contributed by atoms with E-state index in [0.29, 0.717) is 11.4 Å². The van der Waals surface area contributed by atoms with Crippen molar-refractivity contribution in [3.63, 3.8) is 0 Å². The maximum absolute atomic E-state index is 14.8. The average molecular weight is 411 g/mol. The van der Waals surface area contributed by atoms with Crippen LogP contribution < -0.4 is 4.90 Å². The Morgan fingerprint density at radius 2 is 1.29 bits per heavy atom. The molecule has 0 N–H and O–H groups in total. The predicted octanol–water partition coefficient (Wildman–Crippen LogP) is 7.71. The highest BCUT2D eigenvalue weighted by Gasteiger charge is 2.36. The van der Waals surface area contributed by atoms with Crippen LogP contribution in [0.4, 0.5) is 20.2 Å². The van der Waals surface area contributed by atoms with Gasteiger partial charge in [-0.05, 0) is 57.6 Å². The van der Waals surface area contributed by atoms with Gasteiger partial charge in [0.2, 0.25) is 0 Å². The van der Waals surface area contributed by atoms with Gasteiger partial charge >= 0.3 is 0 Å². The van der Waals surface area contributed by atoms with E-state index in [9.17, 15) is 8.78 Å². The van der Waals surface area contributed by atoms with Crippen LogP contribution in [-0.2, 0) is 5.41 Å². The van der Waals surface area contributed by atoms with Gasteiger partial charge in [-0.2, -0.15) is 0 Å². The SMILES string of the molecule is CN(c1ccccc1F)c1cc(-c2cccc3c2-c2ccccc2C3(C)C)ccc1F. The Morgan fingerprint density at radius 3 is 2.10 bits per heavy atom. The van der Waals surface area contributed by atoms with Crippen molar-refractivity contribution >= 4 is 11.4 Å². The first-order valence-corrected chi connectivity index (χ1v) is 10.4. The van der Waals surface area contributed by atoms with Gasteiger partial charge < -0.3 is 4.90 Å². The van der Waals surface area contributed by atoms with E-state index in [4.69, 9.17) is 0 Å². The third-order valence-electron chi connectivity index (χ3n) is 6.44. The summed E-state index contributed by atoms with van der Waals surface area (Å²) in [6.45, 7) is 4.48. The van der Waals surface area contributed by atoms with E-state index in [2.05, 4.69) is 56.3 Å². The molecule has 5 rings (SSSR count). The van der Waals surface area contributed by atoms with Gasteiger partial charge in [0.25, 0.3) is 0 Å². The first-order chi connectivity index (χ1) is 14.9. The molecule has 0 aliphatic heterocycles. The molecular formula is C28H23F2N. The zero-order chi connectivity index (χ0) is 21.8. The number of fused-ring (bicyclic) bond motifs is 3. The van der Waals surface area contributed by atoms with Crippen molar-refractivity contribution in [1.29, 1.82) is 0 Å². The van der Waals surface area contributed by atoms with Crippen LogP contribution in [0.1, 0.15) is 25.0 Å². The predicted molar refractivity (Wildman–Crippen MR) is 124 cm³/mol. The lowest BCUT2D eigenvalue weighted by atomic mass is 9.82. The van der Waals surface area contributed by atoms with Crippen molar-refractivity contribution in [2.45, 2.75) is 19.3 Å². The molecule has 0 fully saturated rings. The lowest BCUT2D eigenvalue weighted by Crippen LogP contribution is -2.14. The fourth-order valence-corrected chi connectivity index (χ4v) is 4.79. The smallest absolute Gasteiger partial charge is 0.146 e. The Kier molecular flexibility index (Phi) is 4.44. The third kappa shape index (κ3) is 2.96. The highest BCUT2D eigenvalue weighted by atomic mass is 19.1. The topological polar surface area (TPSA) is 3.24 Å². The van der Waals surface area contributed by atoms with E-state index < -0.39 is 0 Å². The van der Waals surface area contributed by atoms with E-state index in [1.165, 1.54) is 34.4 Å². The van der Waals surface area contributed by atoms with Gasteiger partial charge in [-0.3, -0.25) is 0 Å². The second-order valence-electron chi connectivity index (χ2n) is 8.58. The first kappa shape index (κ1) is 19.5. The minimum Gasteiger partial charge on any atom is -0.340 e. The van der Waals surface area contributed by atoms with Crippen molar-refractivity contribution in [3.8, 4) is 22.3 Å². The molecule has 3 heteroatoms. The Hall–Kier alpha value is -3.46. The molecule has 0 aromatic heterocycles. The molecule has 154 valence electrons. The van der Waals surface area contributed by atoms with Gasteiger partial charge in [0.05, 0.1) is 11.4 Å². The molecule has 4 aromatic rings. The molecule has 1 aliphatic carbocycles. The fourth-order valence-electron chi connectivity index (χ4n) is 4.79. The van der Waals surface area contributed by atoms with E-state index in [0.717, 1.165) is 11.1 Å². The summed E-state index contributed by atoms with van der Waals surface area (Å²) in [7, 11) is 1.69. The quantitative estimate of drug-likeness (QED) is 0.334. The van der Waals surface area contributed by atoms with Gasteiger partial charge in [0, 0.05) is 12.5 Å². The molecule has 1 nitrogen and oxygen atoms in total. The number of hydrogen-bond acceptors (Lipinski definition) is 1. The monoisotopic (exact) mass is 411 g/mol. The molecule has 0 radical (unpaired) electrons. The third-order valence-corrected chi connectivity index (χ3v) is 6.44. The number of rotatable bonds is 3. The molecule has 0 saturated heterocycles. The minimum absolute atomic E-state index is 0.102. The molecule has 0 amide bonds. The summed E-state index contributed by atoms with van der Waals surface area (Å²) >= 11 is 0. The van der Waals surface area contributed by atoms with Crippen LogP contribution in [0.2, 0.25) is 0 Å². The van der Waals surface area contributed by atoms with E-state index in [1.54, 1.807) is 36.2 Å². The molecule has 0 heterocycles. The number of hydrogen-bond donors (Lipinski definition) is 0. The summed E-state index contributed by atoms with van der Waals surface area (Å²) in [5.74, 6) is -0.770. The zero-order valence-corrected chi connectivity index (χ0v) is 17.8. The molecule has 0 unspecified atom stereocenters. The summed E-state index contributed by atoms with van der Waals surface area (Å²) in [4.78, 5) is 1.56. The van der Waals surface area contributed by atoms with Crippen LogP contribution in [0.15, 0.2) is 84.9 Å². The van der Waals surface area contributed by atoms with Crippen LogP contribution >= 0.6 is 0 Å². The van der Waals surface area contributed by atoms with Crippen molar-refractivity contribution in [3.05, 3.63) is 108 Å². The summed E-state index contributed by atoms with van der Waals surface area (Å²) in [5.41, 5.74) is 7.49. The highest BCUT2D eigenvalue weighted by Crippen LogP contribution is 2.52. The second-order valence-corrected chi connectivity index (χ2v) is 8.58. The normalized spacial score (nSPS) is 13.6. The maximum Gasteiger partial charge on any atom is 0.146 e. The van der Waals surface area contributed by atoms with Gasteiger partial charge in [0.1, 0.15) is 11.6 Å². The van der Waals surface area contributed by atoms with Crippen molar-refractivity contribution in [2.24, 2.45) is 0 Å². The summed E-state index contributed by atoms with van der Waals surface area (Å²) in [5, 5.41) is 0. The molecular weight excluding hydrogens is 388 g/mol. The Labute approximate surface area is 181 Å². The molecule has 1 aliphatic rings. The first-order valence-electron chi connectivity index (χ1n) is 10.4. The average Bonchev–Trinajstić information content (AvgIpc) is 3.02.